The normalized spacial score (nSPS) is 11.3. The van der Waals surface area contributed by atoms with Crippen LogP contribution in [0.2, 0.25) is 5.02 Å². The molecule has 0 radical (unpaired) electrons. The van der Waals surface area contributed by atoms with E-state index in [4.69, 9.17) is 16.6 Å². The van der Waals surface area contributed by atoms with Gasteiger partial charge in [0.15, 0.2) is 5.82 Å². The summed E-state index contributed by atoms with van der Waals surface area (Å²) in [5.41, 5.74) is 2.70. The summed E-state index contributed by atoms with van der Waals surface area (Å²) >= 11 is 7.82. The predicted molar refractivity (Wildman–Crippen MR) is 107 cm³/mol. The van der Waals surface area contributed by atoms with Gasteiger partial charge in [-0.2, -0.15) is 0 Å². The molecule has 7 heteroatoms. The van der Waals surface area contributed by atoms with E-state index >= 15 is 0 Å². The van der Waals surface area contributed by atoms with Crippen molar-refractivity contribution < 1.29 is 0 Å². The van der Waals surface area contributed by atoms with Crippen LogP contribution in [0.4, 0.5) is 11.5 Å². The van der Waals surface area contributed by atoms with E-state index in [0.29, 0.717) is 10.8 Å². The van der Waals surface area contributed by atoms with Crippen LogP contribution in [0.3, 0.4) is 0 Å². The summed E-state index contributed by atoms with van der Waals surface area (Å²) in [5.74, 6) is 1.50. The van der Waals surface area contributed by atoms with Crippen molar-refractivity contribution in [3.63, 3.8) is 0 Å². The molecule has 0 amide bonds. The fraction of sp³-hybridized carbons (Fsp3) is 0. The van der Waals surface area contributed by atoms with Crippen LogP contribution in [0.25, 0.3) is 32.4 Å². The molecule has 0 saturated heterocycles. The Bertz CT molecular complexity index is 1230. The highest BCUT2D eigenvalue weighted by Gasteiger charge is 2.14. The second-order valence-corrected chi connectivity index (χ2v) is 7.15. The number of nitrogens with one attached hydrogen (secondary N) is 2. The summed E-state index contributed by atoms with van der Waals surface area (Å²) < 4.78 is 1.18. The van der Waals surface area contributed by atoms with Crippen molar-refractivity contribution in [3.05, 3.63) is 65.3 Å². The van der Waals surface area contributed by atoms with Gasteiger partial charge in [-0.05, 0) is 35.7 Å². The number of H-pyrrole nitrogens is 1. The molecule has 0 aliphatic carbocycles. The Hall–Kier alpha value is -2.96. The Morgan fingerprint density at radius 3 is 2.81 bits per heavy atom. The third-order valence-corrected chi connectivity index (χ3v) is 5.37. The standard InChI is InChI=1S/C19H12ClN5S/c20-11-3-1-4-12(9-11)23-19-15-7-8-26-17(15)13-5-2-6-14(16(13)24-19)18-21-10-22-25-18/h1-10H,(H,23,24)(H,21,22,25). The van der Waals surface area contributed by atoms with Gasteiger partial charge in [-0.1, -0.05) is 29.8 Å². The molecule has 0 aliphatic rings. The summed E-state index contributed by atoms with van der Waals surface area (Å²) in [6, 6.07) is 15.8. The third kappa shape index (κ3) is 2.51. The minimum Gasteiger partial charge on any atom is -0.340 e. The molecule has 126 valence electrons. The number of hydrogen-bond acceptors (Lipinski definition) is 5. The number of aromatic nitrogens is 4. The van der Waals surface area contributed by atoms with Gasteiger partial charge in [0.1, 0.15) is 12.1 Å². The Balaban J connectivity index is 1.77. The maximum Gasteiger partial charge on any atom is 0.163 e. The highest BCUT2D eigenvalue weighted by molar-refractivity contribution is 7.18. The number of aromatic amines is 1. The minimum atomic E-state index is 0.680. The lowest BCUT2D eigenvalue weighted by Gasteiger charge is -2.11. The van der Waals surface area contributed by atoms with Crippen molar-refractivity contribution in [1.82, 2.24) is 20.2 Å². The second-order valence-electron chi connectivity index (χ2n) is 5.80. The van der Waals surface area contributed by atoms with Crippen LogP contribution in [-0.2, 0) is 0 Å². The van der Waals surface area contributed by atoms with Crippen molar-refractivity contribution in [2.45, 2.75) is 0 Å². The van der Waals surface area contributed by atoms with E-state index in [9.17, 15) is 0 Å². The summed E-state index contributed by atoms with van der Waals surface area (Å²) in [4.78, 5) is 7.99. The molecule has 3 aromatic heterocycles. The van der Waals surface area contributed by atoms with Crippen LogP contribution < -0.4 is 5.32 Å². The van der Waals surface area contributed by atoms with E-state index in [1.165, 1.54) is 4.70 Å². The molecular weight excluding hydrogens is 366 g/mol. The van der Waals surface area contributed by atoms with Crippen LogP contribution in [0, 0.1) is 0 Å². The molecule has 0 fully saturated rings. The van der Waals surface area contributed by atoms with Gasteiger partial charge in [0.05, 0.1) is 5.52 Å². The van der Waals surface area contributed by atoms with Gasteiger partial charge in [-0.25, -0.2) is 4.98 Å². The average Bonchev–Trinajstić information content (AvgIpc) is 3.34. The van der Waals surface area contributed by atoms with Gasteiger partial charge < -0.3 is 10.3 Å². The van der Waals surface area contributed by atoms with Crippen molar-refractivity contribution in [2.24, 2.45) is 0 Å². The number of fused-ring (bicyclic) bond motifs is 3. The fourth-order valence-electron chi connectivity index (χ4n) is 3.05. The van der Waals surface area contributed by atoms with E-state index in [0.717, 1.165) is 33.4 Å². The Morgan fingerprint density at radius 2 is 1.96 bits per heavy atom. The molecule has 0 bridgehead atoms. The maximum absolute atomic E-state index is 6.12. The SMILES string of the molecule is Clc1cccc(Nc2nc3c(-c4nnc[nH]4)cccc3c3sccc23)c1. The first-order valence-electron chi connectivity index (χ1n) is 7.98. The van der Waals surface area contributed by atoms with Gasteiger partial charge in [-0.3, -0.25) is 0 Å². The Kier molecular flexibility index (Phi) is 3.58. The lowest BCUT2D eigenvalue weighted by Crippen LogP contribution is -1.96. The molecule has 0 atom stereocenters. The van der Waals surface area contributed by atoms with Crippen LogP contribution >= 0.6 is 22.9 Å². The monoisotopic (exact) mass is 377 g/mol. The molecule has 26 heavy (non-hydrogen) atoms. The summed E-state index contributed by atoms with van der Waals surface area (Å²) in [5, 5.41) is 16.4. The van der Waals surface area contributed by atoms with Crippen molar-refractivity contribution in [3.8, 4) is 11.4 Å². The first kappa shape index (κ1) is 15.3. The number of rotatable bonds is 3. The van der Waals surface area contributed by atoms with Gasteiger partial charge in [0.2, 0.25) is 0 Å². The predicted octanol–water partition coefficient (Wildman–Crippen LogP) is 5.63. The van der Waals surface area contributed by atoms with Crippen LogP contribution in [0.5, 0.6) is 0 Å². The number of benzene rings is 2. The molecule has 5 nitrogen and oxygen atoms in total. The number of nitrogens with zero attached hydrogens (tertiary/aromatic N) is 3. The smallest absolute Gasteiger partial charge is 0.163 e. The molecule has 3 heterocycles. The zero-order valence-corrected chi connectivity index (χ0v) is 15.0. The number of anilines is 2. The van der Waals surface area contributed by atoms with Crippen molar-refractivity contribution >= 4 is 55.4 Å². The number of hydrogen-bond donors (Lipinski definition) is 2. The van der Waals surface area contributed by atoms with E-state index in [2.05, 4.69) is 38.0 Å². The first-order chi connectivity index (χ1) is 12.8. The zero-order valence-electron chi connectivity index (χ0n) is 13.4. The van der Waals surface area contributed by atoms with E-state index in [1.807, 2.05) is 36.4 Å². The first-order valence-corrected chi connectivity index (χ1v) is 9.24. The van der Waals surface area contributed by atoms with Gasteiger partial charge >= 0.3 is 0 Å². The summed E-state index contributed by atoms with van der Waals surface area (Å²) in [6.07, 6.45) is 1.57. The van der Waals surface area contributed by atoms with Crippen molar-refractivity contribution in [2.75, 3.05) is 5.32 Å². The molecule has 0 saturated carbocycles. The molecule has 2 aromatic carbocycles. The summed E-state index contributed by atoms with van der Waals surface area (Å²) in [6.45, 7) is 0. The van der Waals surface area contributed by atoms with E-state index in [1.54, 1.807) is 17.7 Å². The third-order valence-electron chi connectivity index (χ3n) is 4.18. The molecular formula is C19H12ClN5S. The Morgan fingerprint density at radius 1 is 1.04 bits per heavy atom. The summed E-state index contributed by atoms with van der Waals surface area (Å²) in [7, 11) is 0. The highest BCUT2D eigenvalue weighted by Crippen LogP contribution is 2.37. The van der Waals surface area contributed by atoms with Crippen LogP contribution in [0.15, 0.2) is 60.2 Å². The van der Waals surface area contributed by atoms with E-state index in [-0.39, 0.29) is 0 Å². The fourth-order valence-corrected chi connectivity index (χ4v) is 4.16. The van der Waals surface area contributed by atoms with E-state index < -0.39 is 0 Å². The second kappa shape index (κ2) is 6.09. The zero-order chi connectivity index (χ0) is 17.5. The number of halogens is 1. The average molecular weight is 378 g/mol. The molecule has 5 rings (SSSR count). The molecule has 5 aromatic rings. The van der Waals surface area contributed by atoms with Crippen LogP contribution in [0.1, 0.15) is 0 Å². The van der Waals surface area contributed by atoms with Gasteiger partial charge in [-0.15, -0.1) is 21.5 Å². The molecule has 0 unspecified atom stereocenters. The van der Waals surface area contributed by atoms with Crippen LogP contribution in [-0.4, -0.2) is 20.2 Å². The van der Waals surface area contributed by atoms with Crippen molar-refractivity contribution in [1.29, 1.82) is 0 Å². The van der Waals surface area contributed by atoms with Gasteiger partial charge in [0, 0.05) is 31.7 Å². The lowest BCUT2D eigenvalue weighted by molar-refractivity contribution is 1.10. The van der Waals surface area contributed by atoms with Gasteiger partial charge in [0.25, 0.3) is 0 Å². The number of thiophene rings is 1. The molecule has 2 N–H and O–H groups in total. The molecule has 0 aliphatic heterocycles. The highest BCUT2D eigenvalue weighted by atomic mass is 35.5. The lowest BCUT2D eigenvalue weighted by atomic mass is 10.1. The quantitative estimate of drug-likeness (QED) is 0.427. The maximum atomic E-state index is 6.12. The minimum absolute atomic E-state index is 0.680. The topological polar surface area (TPSA) is 66.5 Å². The molecule has 0 spiro atoms. The largest absolute Gasteiger partial charge is 0.340 e. The number of pyridine rings is 1. The number of para-hydroxylation sites is 1. The Labute approximate surface area is 157 Å².